The summed E-state index contributed by atoms with van der Waals surface area (Å²) in [4.78, 5) is 22.6. The zero-order valence-electron chi connectivity index (χ0n) is 12.7. The van der Waals surface area contributed by atoms with E-state index in [-0.39, 0.29) is 12.5 Å². The van der Waals surface area contributed by atoms with E-state index in [1.807, 2.05) is 45.0 Å². The molecule has 1 rings (SSSR count). The molecule has 0 atom stereocenters. The van der Waals surface area contributed by atoms with Gasteiger partial charge in [0.05, 0.1) is 6.54 Å². The molecule has 0 unspecified atom stereocenters. The van der Waals surface area contributed by atoms with Crippen LogP contribution in [0.15, 0.2) is 24.3 Å². The molecule has 0 aliphatic carbocycles. The second-order valence-electron chi connectivity index (χ2n) is 5.65. The van der Waals surface area contributed by atoms with Crippen LogP contribution in [0.1, 0.15) is 31.9 Å². The largest absolute Gasteiger partial charge is 0.444 e. The number of carbonyl (C=O) groups excluding carboxylic acids is 2. The van der Waals surface area contributed by atoms with Crippen LogP contribution in [0.2, 0.25) is 0 Å². The highest BCUT2D eigenvalue weighted by atomic mass is 16.6. The molecule has 1 aromatic rings. The number of carbonyl (C=O) groups is 2. The number of ether oxygens (including phenoxy) is 1. The fourth-order valence-corrected chi connectivity index (χ4v) is 1.54. The SMILES string of the molecule is CC(C)(C)OC(=O)NCc1ccc(CNC(=O)CN)cc1. The Morgan fingerprint density at radius 1 is 1.05 bits per heavy atom. The topological polar surface area (TPSA) is 93.5 Å². The van der Waals surface area contributed by atoms with Crippen molar-refractivity contribution in [3.63, 3.8) is 0 Å². The molecule has 0 aliphatic rings. The van der Waals surface area contributed by atoms with Crippen LogP contribution < -0.4 is 16.4 Å². The maximum absolute atomic E-state index is 11.5. The summed E-state index contributed by atoms with van der Waals surface area (Å²) in [6, 6.07) is 7.56. The second-order valence-corrected chi connectivity index (χ2v) is 5.65. The minimum absolute atomic E-state index is 0.0160. The Labute approximate surface area is 125 Å². The average Bonchev–Trinajstić information content (AvgIpc) is 2.41. The van der Waals surface area contributed by atoms with Crippen LogP contribution in [0.25, 0.3) is 0 Å². The summed E-state index contributed by atoms with van der Waals surface area (Å²) in [5.41, 5.74) is 6.63. The van der Waals surface area contributed by atoms with Gasteiger partial charge in [-0.2, -0.15) is 0 Å². The minimum atomic E-state index is -0.505. The molecule has 2 amide bonds. The number of rotatable bonds is 5. The minimum Gasteiger partial charge on any atom is -0.444 e. The molecule has 0 spiro atoms. The highest BCUT2D eigenvalue weighted by Gasteiger charge is 2.15. The van der Waals surface area contributed by atoms with Crippen LogP contribution >= 0.6 is 0 Å². The number of alkyl carbamates (subject to hydrolysis) is 1. The van der Waals surface area contributed by atoms with Gasteiger partial charge in [-0.3, -0.25) is 4.79 Å². The van der Waals surface area contributed by atoms with Crippen molar-refractivity contribution in [2.75, 3.05) is 6.54 Å². The Bertz CT molecular complexity index is 478. The maximum atomic E-state index is 11.5. The van der Waals surface area contributed by atoms with Crippen molar-refractivity contribution in [2.45, 2.75) is 39.5 Å². The van der Waals surface area contributed by atoms with E-state index in [4.69, 9.17) is 10.5 Å². The van der Waals surface area contributed by atoms with E-state index < -0.39 is 11.7 Å². The summed E-state index contributed by atoms with van der Waals surface area (Å²) in [5, 5.41) is 5.38. The van der Waals surface area contributed by atoms with Crippen molar-refractivity contribution in [3.05, 3.63) is 35.4 Å². The molecule has 0 aliphatic heterocycles. The Balaban J connectivity index is 2.41. The van der Waals surface area contributed by atoms with Gasteiger partial charge in [0.1, 0.15) is 5.60 Å². The van der Waals surface area contributed by atoms with Gasteiger partial charge in [-0.15, -0.1) is 0 Å². The number of nitrogens with one attached hydrogen (secondary N) is 2. The first kappa shape index (κ1) is 17.0. The van der Waals surface area contributed by atoms with Crippen molar-refractivity contribution >= 4 is 12.0 Å². The third kappa shape index (κ3) is 7.31. The van der Waals surface area contributed by atoms with E-state index in [1.54, 1.807) is 0 Å². The molecule has 21 heavy (non-hydrogen) atoms. The van der Waals surface area contributed by atoms with Gasteiger partial charge >= 0.3 is 6.09 Å². The van der Waals surface area contributed by atoms with Gasteiger partial charge in [0.15, 0.2) is 0 Å². The van der Waals surface area contributed by atoms with E-state index >= 15 is 0 Å². The zero-order chi connectivity index (χ0) is 15.9. The standard InChI is InChI=1S/C15H23N3O3/c1-15(2,3)21-14(20)18-10-12-6-4-11(5-7-12)9-17-13(19)8-16/h4-7H,8-10,16H2,1-3H3,(H,17,19)(H,18,20). The lowest BCUT2D eigenvalue weighted by Gasteiger charge is -2.19. The third-order valence-electron chi connectivity index (χ3n) is 2.53. The maximum Gasteiger partial charge on any atom is 0.407 e. The van der Waals surface area contributed by atoms with Gasteiger partial charge in [0.25, 0.3) is 0 Å². The predicted molar refractivity (Wildman–Crippen MR) is 80.4 cm³/mol. The lowest BCUT2D eigenvalue weighted by Crippen LogP contribution is -2.32. The summed E-state index contributed by atoms with van der Waals surface area (Å²) in [7, 11) is 0. The molecule has 0 saturated heterocycles. The quantitative estimate of drug-likeness (QED) is 0.762. The Morgan fingerprint density at radius 2 is 1.52 bits per heavy atom. The molecule has 0 aromatic heterocycles. The van der Waals surface area contributed by atoms with Crippen molar-refractivity contribution in [1.29, 1.82) is 0 Å². The van der Waals surface area contributed by atoms with Crippen molar-refractivity contribution in [2.24, 2.45) is 5.73 Å². The van der Waals surface area contributed by atoms with E-state index in [2.05, 4.69) is 10.6 Å². The average molecular weight is 293 g/mol. The summed E-state index contributed by atoms with van der Waals surface area (Å²) in [5.74, 6) is -0.189. The van der Waals surface area contributed by atoms with Gasteiger partial charge in [0.2, 0.25) is 5.91 Å². The van der Waals surface area contributed by atoms with Crippen LogP contribution in [-0.2, 0) is 22.6 Å². The van der Waals surface area contributed by atoms with E-state index in [0.29, 0.717) is 13.1 Å². The Hall–Kier alpha value is -2.08. The van der Waals surface area contributed by atoms with Gasteiger partial charge in [0, 0.05) is 13.1 Å². The summed E-state index contributed by atoms with van der Waals surface area (Å²) in [6.45, 7) is 6.27. The van der Waals surface area contributed by atoms with Gasteiger partial charge in [-0.05, 0) is 31.9 Å². The molecule has 0 radical (unpaired) electrons. The highest BCUT2D eigenvalue weighted by molar-refractivity contribution is 5.77. The van der Waals surface area contributed by atoms with Crippen LogP contribution in [0, 0.1) is 0 Å². The number of nitrogens with two attached hydrogens (primary N) is 1. The number of amides is 2. The van der Waals surface area contributed by atoms with Gasteiger partial charge in [-0.25, -0.2) is 4.79 Å². The Kier molecular flexibility index (Phi) is 6.17. The van der Waals surface area contributed by atoms with E-state index in [9.17, 15) is 9.59 Å². The lowest BCUT2D eigenvalue weighted by atomic mass is 10.1. The van der Waals surface area contributed by atoms with E-state index in [0.717, 1.165) is 11.1 Å². The molecule has 6 nitrogen and oxygen atoms in total. The van der Waals surface area contributed by atoms with Gasteiger partial charge in [-0.1, -0.05) is 24.3 Å². The molecule has 0 heterocycles. The van der Waals surface area contributed by atoms with Crippen LogP contribution in [0.4, 0.5) is 4.79 Å². The zero-order valence-corrected chi connectivity index (χ0v) is 12.7. The molecule has 4 N–H and O–H groups in total. The first-order valence-corrected chi connectivity index (χ1v) is 6.81. The second kappa shape index (κ2) is 7.64. The molecule has 0 saturated carbocycles. The fraction of sp³-hybridized carbons (Fsp3) is 0.467. The van der Waals surface area contributed by atoms with Crippen LogP contribution in [0.5, 0.6) is 0 Å². The van der Waals surface area contributed by atoms with Gasteiger partial charge < -0.3 is 21.1 Å². The molecular formula is C15H23N3O3. The third-order valence-corrected chi connectivity index (χ3v) is 2.53. The van der Waals surface area contributed by atoms with Crippen molar-refractivity contribution < 1.29 is 14.3 Å². The van der Waals surface area contributed by atoms with Crippen molar-refractivity contribution in [1.82, 2.24) is 10.6 Å². The predicted octanol–water partition coefficient (Wildman–Crippen LogP) is 1.29. The summed E-state index contributed by atoms with van der Waals surface area (Å²) >= 11 is 0. The molecule has 0 fully saturated rings. The summed E-state index contributed by atoms with van der Waals surface area (Å²) < 4.78 is 5.15. The first-order chi connectivity index (χ1) is 9.80. The van der Waals surface area contributed by atoms with Crippen LogP contribution in [-0.4, -0.2) is 24.1 Å². The molecular weight excluding hydrogens is 270 g/mol. The number of benzene rings is 1. The molecule has 116 valence electrons. The molecule has 0 bridgehead atoms. The normalized spacial score (nSPS) is 10.9. The fourth-order valence-electron chi connectivity index (χ4n) is 1.54. The van der Waals surface area contributed by atoms with E-state index in [1.165, 1.54) is 0 Å². The summed E-state index contributed by atoms with van der Waals surface area (Å²) in [6.07, 6.45) is -0.443. The monoisotopic (exact) mass is 293 g/mol. The number of hydrogen-bond donors (Lipinski definition) is 3. The lowest BCUT2D eigenvalue weighted by molar-refractivity contribution is -0.119. The van der Waals surface area contributed by atoms with Crippen molar-refractivity contribution in [3.8, 4) is 0 Å². The Morgan fingerprint density at radius 3 is 1.95 bits per heavy atom. The van der Waals surface area contributed by atoms with Crippen LogP contribution in [0.3, 0.4) is 0 Å². The first-order valence-electron chi connectivity index (χ1n) is 6.81. The highest BCUT2D eigenvalue weighted by Crippen LogP contribution is 2.08. The smallest absolute Gasteiger partial charge is 0.407 e. The number of hydrogen-bond acceptors (Lipinski definition) is 4. The molecule has 6 heteroatoms. The molecule has 1 aromatic carbocycles.